The van der Waals surface area contributed by atoms with E-state index in [-0.39, 0.29) is 10.6 Å². The Balaban J connectivity index is 2.34. The van der Waals surface area contributed by atoms with Crippen molar-refractivity contribution in [3.05, 3.63) is 16.0 Å². The summed E-state index contributed by atoms with van der Waals surface area (Å²) in [7, 11) is -3.20. The molecule has 0 aliphatic heterocycles. The highest BCUT2D eigenvalue weighted by Crippen LogP contribution is 2.38. The van der Waals surface area contributed by atoms with Gasteiger partial charge in [-0.15, -0.1) is 11.3 Å². The highest BCUT2D eigenvalue weighted by molar-refractivity contribution is 7.91. The lowest BCUT2D eigenvalue weighted by Crippen LogP contribution is -2.35. The number of methoxy groups -OCH3 is 1. The molecule has 1 heterocycles. The van der Waals surface area contributed by atoms with Gasteiger partial charge in [0.1, 0.15) is 5.00 Å². The number of ether oxygens (including phenoxy) is 1. The van der Waals surface area contributed by atoms with E-state index < -0.39 is 22.3 Å². The zero-order valence-corrected chi connectivity index (χ0v) is 12.8. The van der Waals surface area contributed by atoms with Gasteiger partial charge in [0, 0.05) is 4.88 Å². The van der Waals surface area contributed by atoms with Crippen LogP contribution < -0.4 is 9.44 Å². The molecule has 0 saturated carbocycles. The van der Waals surface area contributed by atoms with E-state index in [0.29, 0.717) is 12.0 Å². The SMILES string of the molecule is COC(=O)NS(=O)(=O)Nc1sc2c(c1C(=O)O)CCCC2. The standard InChI is InChI=1S/C11H14N2O6S2/c1-19-11(16)13-21(17,18)12-9-8(10(14)15)6-4-2-3-5-7(6)20-9/h12H,2-5H2,1H3,(H,13,16)(H,14,15). The molecule has 10 heteroatoms. The minimum absolute atomic E-state index is 0.00537. The topological polar surface area (TPSA) is 122 Å². The van der Waals surface area contributed by atoms with Gasteiger partial charge >= 0.3 is 22.3 Å². The lowest BCUT2D eigenvalue weighted by molar-refractivity contribution is 0.0697. The molecule has 1 aliphatic rings. The summed E-state index contributed by atoms with van der Waals surface area (Å²) in [5, 5.41) is 9.30. The number of aromatic carboxylic acids is 1. The Morgan fingerprint density at radius 2 is 1.95 bits per heavy atom. The van der Waals surface area contributed by atoms with Crippen molar-refractivity contribution in [1.29, 1.82) is 0 Å². The molecular formula is C11H14N2O6S2. The van der Waals surface area contributed by atoms with Crippen molar-refractivity contribution in [3.8, 4) is 0 Å². The Morgan fingerprint density at radius 1 is 1.29 bits per heavy atom. The summed E-state index contributed by atoms with van der Waals surface area (Å²) in [6.07, 6.45) is 2.00. The third kappa shape index (κ3) is 3.45. The van der Waals surface area contributed by atoms with Crippen LogP contribution in [0.1, 0.15) is 33.6 Å². The van der Waals surface area contributed by atoms with E-state index in [9.17, 15) is 23.1 Å². The zero-order chi connectivity index (χ0) is 15.6. The number of hydrogen-bond acceptors (Lipinski definition) is 6. The van der Waals surface area contributed by atoms with Crippen LogP contribution >= 0.6 is 11.3 Å². The van der Waals surface area contributed by atoms with E-state index in [1.54, 1.807) is 4.72 Å². The maximum absolute atomic E-state index is 11.7. The Hall–Kier alpha value is -1.81. The monoisotopic (exact) mass is 334 g/mol. The van der Waals surface area contributed by atoms with Crippen molar-refractivity contribution < 1.29 is 27.9 Å². The van der Waals surface area contributed by atoms with Crippen LogP contribution in [0.2, 0.25) is 0 Å². The van der Waals surface area contributed by atoms with Gasteiger partial charge in [-0.1, -0.05) is 0 Å². The number of carbonyl (C=O) groups excluding carboxylic acids is 1. The minimum Gasteiger partial charge on any atom is -0.478 e. The Bertz CT molecular complexity index is 679. The van der Waals surface area contributed by atoms with Crippen LogP contribution in [0.15, 0.2) is 0 Å². The molecule has 8 nitrogen and oxygen atoms in total. The zero-order valence-electron chi connectivity index (χ0n) is 11.1. The summed E-state index contributed by atoms with van der Waals surface area (Å²) in [4.78, 5) is 23.2. The van der Waals surface area contributed by atoms with E-state index in [0.717, 1.165) is 42.6 Å². The van der Waals surface area contributed by atoms with Crippen molar-refractivity contribution in [2.24, 2.45) is 0 Å². The second-order valence-electron chi connectivity index (χ2n) is 4.42. The van der Waals surface area contributed by atoms with Gasteiger partial charge in [0.2, 0.25) is 0 Å². The molecule has 0 atom stereocenters. The van der Waals surface area contributed by atoms with E-state index in [1.165, 1.54) is 0 Å². The predicted molar refractivity (Wildman–Crippen MR) is 76.0 cm³/mol. The molecule has 1 aromatic rings. The highest BCUT2D eigenvalue weighted by atomic mass is 32.2. The van der Waals surface area contributed by atoms with Gasteiger partial charge in [-0.05, 0) is 31.2 Å². The van der Waals surface area contributed by atoms with E-state index >= 15 is 0 Å². The maximum atomic E-state index is 11.7. The number of hydrogen-bond donors (Lipinski definition) is 3. The first-order valence-corrected chi connectivity index (χ1v) is 8.40. The largest absolute Gasteiger partial charge is 0.478 e. The molecule has 2 rings (SSSR count). The second kappa shape index (κ2) is 5.90. The van der Waals surface area contributed by atoms with Crippen molar-refractivity contribution in [2.75, 3.05) is 11.8 Å². The molecule has 21 heavy (non-hydrogen) atoms. The van der Waals surface area contributed by atoms with E-state index in [4.69, 9.17) is 0 Å². The van der Waals surface area contributed by atoms with Crippen molar-refractivity contribution in [2.45, 2.75) is 25.7 Å². The molecule has 0 bridgehead atoms. The number of fused-ring (bicyclic) bond motifs is 1. The lowest BCUT2D eigenvalue weighted by atomic mass is 9.96. The summed E-state index contributed by atoms with van der Waals surface area (Å²) in [5.74, 6) is -1.19. The van der Waals surface area contributed by atoms with Gasteiger partial charge in [-0.3, -0.25) is 4.72 Å². The first-order chi connectivity index (χ1) is 9.84. The van der Waals surface area contributed by atoms with Crippen LogP contribution in [0, 0.1) is 0 Å². The average Bonchev–Trinajstić information content (AvgIpc) is 2.74. The fraction of sp³-hybridized carbons (Fsp3) is 0.455. The third-order valence-electron chi connectivity index (χ3n) is 3.02. The predicted octanol–water partition coefficient (Wildman–Crippen LogP) is 1.34. The molecule has 116 valence electrons. The number of anilines is 1. The molecule has 0 saturated heterocycles. The lowest BCUT2D eigenvalue weighted by Gasteiger charge is -2.11. The molecule has 0 aromatic carbocycles. The average molecular weight is 334 g/mol. The van der Waals surface area contributed by atoms with Crippen molar-refractivity contribution in [3.63, 3.8) is 0 Å². The summed E-state index contributed by atoms with van der Waals surface area (Å²) < 4.78 is 31.4. The van der Waals surface area contributed by atoms with Gasteiger partial charge in [-0.2, -0.15) is 8.42 Å². The molecule has 0 fully saturated rings. The second-order valence-corrected chi connectivity index (χ2v) is 6.94. The normalized spacial score (nSPS) is 14.1. The van der Waals surface area contributed by atoms with Crippen LogP contribution in [0.25, 0.3) is 0 Å². The number of carbonyl (C=O) groups is 2. The highest BCUT2D eigenvalue weighted by Gasteiger charge is 2.27. The van der Waals surface area contributed by atoms with Gasteiger partial charge in [0.25, 0.3) is 0 Å². The quantitative estimate of drug-likeness (QED) is 0.764. The Labute approximate surface area is 125 Å². The molecule has 0 spiro atoms. The van der Waals surface area contributed by atoms with Gasteiger partial charge in [-0.25, -0.2) is 14.3 Å². The number of amides is 1. The van der Waals surface area contributed by atoms with Crippen LogP contribution in [-0.4, -0.2) is 32.7 Å². The Morgan fingerprint density at radius 3 is 2.57 bits per heavy atom. The first-order valence-electron chi connectivity index (χ1n) is 6.10. The molecule has 1 amide bonds. The van der Waals surface area contributed by atoms with E-state index in [2.05, 4.69) is 9.46 Å². The number of thiophene rings is 1. The van der Waals surface area contributed by atoms with Gasteiger partial charge in [0.15, 0.2) is 0 Å². The van der Waals surface area contributed by atoms with Gasteiger partial charge < -0.3 is 9.84 Å². The molecule has 3 N–H and O–H groups in total. The molecule has 1 aromatic heterocycles. The van der Waals surface area contributed by atoms with Crippen LogP contribution in [0.5, 0.6) is 0 Å². The number of nitrogens with one attached hydrogen (secondary N) is 2. The number of carboxylic acid groups (broad SMARTS) is 1. The number of rotatable bonds is 4. The third-order valence-corrected chi connectivity index (χ3v) is 5.26. The van der Waals surface area contributed by atoms with E-state index in [1.807, 2.05) is 0 Å². The minimum atomic E-state index is -4.23. The number of aryl methyl sites for hydroxylation is 1. The Kier molecular flexibility index (Phi) is 4.37. The maximum Gasteiger partial charge on any atom is 0.422 e. The molecule has 0 unspecified atom stereocenters. The fourth-order valence-corrected chi connectivity index (χ4v) is 4.49. The summed E-state index contributed by atoms with van der Waals surface area (Å²) in [6, 6.07) is 0. The van der Waals surface area contributed by atoms with Crippen LogP contribution in [-0.2, 0) is 27.8 Å². The molecular weight excluding hydrogens is 320 g/mol. The fourth-order valence-electron chi connectivity index (χ4n) is 2.16. The van der Waals surface area contributed by atoms with Gasteiger partial charge in [0.05, 0.1) is 12.7 Å². The summed E-state index contributed by atoms with van der Waals surface area (Å²) in [6.45, 7) is 0. The van der Waals surface area contributed by atoms with Crippen LogP contribution in [0.3, 0.4) is 0 Å². The number of carboxylic acids is 1. The van der Waals surface area contributed by atoms with Crippen LogP contribution in [0.4, 0.5) is 9.80 Å². The summed E-state index contributed by atoms with van der Waals surface area (Å²) >= 11 is 1.09. The molecule has 0 radical (unpaired) electrons. The first kappa shape index (κ1) is 15.6. The summed E-state index contributed by atoms with van der Waals surface area (Å²) in [5.41, 5.74) is 0.638. The molecule has 1 aliphatic carbocycles. The van der Waals surface area contributed by atoms with Crippen molar-refractivity contribution in [1.82, 2.24) is 4.72 Å². The smallest absolute Gasteiger partial charge is 0.422 e. The van der Waals surface area contributed by atoms with Crippen molar-refractivity contribution >= 4 is 38.6 Å².